The zero-order valence-electron chi connectivity index (χ0n) is 10.5. The van der Waals surface area contributed by atoms with E-state index in [0.717, 1.165) is 6.07 Å². The van der Waals surface area contributed by atoms with Crippen LogP contribution in [-0.2, 0) is 11.2 Å². The molecule has 0 bridgehead atoms. The zero-order chi connectivity index (χ0) is 13.7. The summed E-state index contributed by atoms with van der Waals surface area (Å²) in [7, 11) is 0. The van der Waals surface area contributed by atoms with E-state index in [9.17, 15) is 13.6 Å². The lowest BCUT2D eigenvalue weighted by Gasteiger charge is -2.19. The first-order valence-electron chi connectivity index (χ1n) is 5.88. The molecule has 0 aliphatic rings. The van der Waals surface area contributed by atoms with Gasteiger partial charge in [-0.15, -0.1) is 0 Å². The molecule has 1 aromatic rings. The fourth-order valence-electron chi connectivity index (χ4n) is 1.51. The van der Waals surface area contributed by atoms with Gasteiger partial charge in [-0.1, -0.05) is 19.1 Å². The highest BCUT2D eigenvalue weighted by Crippen LogP contribution is 2.12. The predicted octanol–water partition coefficient (Wildman–Crippen LogP) is 1.61. The highest BCUT2D eigenvalue weighted by Gasteiger charge is 2.16. The van der Waals surface area contributed by atoms with Crippen LogP contribution in [0.3, 0.4) is 0 Å². The number of halogens is 2. The third-order valence-electron chi connectivity index (χ3n) is 3.00. The predicted molar refractivity (Wildman–Crippen MR) is 65.9 cm³/mol. The second kappa shape index (κ2) is 6.44. The van der Waals surface area contributed by atoms with Crippen molar-refractivity contribution in [3.05, 3.63) is 35.4 Å². The minimum atomic E-state index is -0.966. The summed E-state index contributed by atoms with van der Waals surface area (Å²) in [6, 6.07) is 3.71. The van der Waals surface area contributed by atoms with Crippen molar-refractivity contribution >= 4 is 5.91 Å². The maximum absolute atomic E-state index is 13.3. The van der Waals surface area contributed by atoms with Gasteiger partial charge in [-0.25, -0.2) is 8.78 Å². The number of hydrogen-bond donors (Lipinski definition) is 2. The number of rotatable bonds is 5. The van der Waals surface area contributed by atoms with Gasteiger partial charge in [-0.05, 0) is 25.5 Å². The van der Waals surface area contributed by atoms with Crippen molar-refractivity contribution in [3.8, 4) is 0 Å². The van der Waals surface area contributed by atoms with Crippen LogP contribution in [0.15, 0.2) is 18.2 Å². The lowest BCUT2D eigenvalue weighted by molar-refractivity contribution is -0.121. The summed E-state index contributed by atoms with van der Waals surface area (Å²) in [4.78, 5) is 11.7. The zero-order valence-corrected chi connectivity index (χ0v) is 10.5. The van der Waals surface area contributed by atoms with E-state index in [1.54, 1.807) is 0 Å². The van der Waals surface area contributed by atoms with E-state index in [1.165, 1.54) is 12.1 Å². The molecule has 0 saturated heterocycles. The van der Waals surface area contributed by atoms with E-state index >= 15 is 0 Å². The SMILES string of the molecule is CC(CN)C(C)NC(=O)Cc1cccc(F)c1F. The van der Waals surface area contributed by atoms with Crippen LogP contribution in [0.4, 0.5) is 8.78 Å². The Morgan fingerprint density at radius 3 is 2.67 bits per heavy atom. The third-order valence-corrected chi connectivity index (χ3v) is 3.00. The summed E-state index contributed by atoms with van der Waals surface area (Å²) in [5.74, 6) is -2.12. The van der Waals surface area contributed by atoms with Gasteiger partial charge in [0.1, 0.15) is 0 Å². The van der Waals surface area contributed by atoms with E-state index in [4.69, 9.17) is 5.73 Å². The number of nitrogens with one attached hydrogen (secondary N) is 1. The van der Waals surface area contributed by atoms with E-state index in [2.05, 4.69) is 5.32 Å². The highest BCUT2D eigenvalue weighted by atomic mass is 19.2. The number of hydrogen-bond acceptors (Lipinski definition) is 2. The van der Waals surface area contributed by atoms with Crippen LogP contribution in [0.2, 0.25) is 0 Å². The van der Waals surface area contributed by atoms with Crippen LogP contribution < -0.4 is 11.1 Å². The Balaban J connectivity index is 2.62. The van der Waals surface area contributed by atoms with Gasteiger partial charge in [0, 0.05) is 11.6 Å². The topological polar surface area (TPSA) is 55.1 Å². The summed E-state index contributed by atoms with van der Waals surface area (Å²) in [6.07, 6.45) is -0.175. The van der Waals surface area contributed by atoms with Crippen molar-refractivity contribution in [2.45, 2.75) is 26.3 Å². The summed E-state index contributed by atoms with van der Waals surface area (Å²) in [6.45, 7) is 4.20. The normalized spacial score (nSPS) is 14.1. The molecule has 3 N–H and O–H groups in total. The fraction of sp³-hybridized carbons (Fsp3) is 0.462. The second-order valence-electron chi connectivity index (χ2n) is 4.46. The molecule has 0 radical (unpaired) electrons. The van der Waals surface area contributed by atoms with Crippen LogP contribution in [-0.4, -0.2) is 18.5 Å². The van der Waals surface area contributed by atoms with Crippen molar-refractivity contribution in [1.82, 2.24) is 5.32 Å². The summed E-state index contributed by atoms with van der Waals surface area (Å²) in [5, 5.41) is 2.72. The molecular formula is C13H18F2N2O. The molecule has 2 unspecified atom stereocenters. The van der Waals surface area contributed by atoms with Gasteiger partial charge in [-0.2, -0.15) is 0 Å². The first-order valence-corrected chi connectivity index (χ1v) is 5.88. The third kappa shape index (κ3) is 3.77. The van der Waals surface area contributed by atoms with Gasteiger partial charge in [0.05, 0.1) is 6.42 Å². The second-order valence-corrected chi connectivity index (χ2v) is 4.46. The van der Waals surface area contributed by atoms with Gasteiger partial charge in [0.2, 0.25) is 5.91 Å². The molecule has 1 rings (SSSR count). The smallest absolute Gasteiger partial charge is 0.224 e. The van der Waals surface area contributed by atoms with Crippen LogP contribution in [0, 0.1) is 17.6 Å². The molecule has 0 fully saturated rings. The summed E-state index contributed by atoms with van der Waals surface area (Å²) < 4.78 is 26.3. The minimum Gasteiger partial charge on any atom is -0.353 e. The molecule has 100 valence electrons. The number of nitrogens with two attached hydrogens (primary N) is 1. The first-order chi connectivity index (χ1) is 8.45. The van der Waals surface area contributed by atoms with E-state index in [-0.39, 0.29) is 29.9 Å². The molecule has 18 heavy (non-hydrogen) atoms. The maximum atomic E-state index is 13.3. The van der Waals surface area contributed by atoms with E-state index < -0.39 is 11.6 Å². The molecular weight excluding hydrogens is 238 g/mol. The number of carbonyl (C=O) groups excluding carboxylic acids is 1. The molecule has 0 saturated carbocycles. The highest BCUT2D eigenvalue weighted by molar-refractivity contribution is 5.78. The lowest BCUT2D eigenvalue weighted by Crippen LogP contribution is -2.40. The molecule has 0 aliphatic carbocycles. The Bertz CT molecular complexity index is 423. The van der Waals surface area contributed by atoms with E-state index in [0.29, 0.717) is 6.54 Å². The Hall–Kier alpha value is -1.49. The monoisotopic (exact) mass is 256 g/mol. The Morgan fingerprint density at radius 1 is 1.39 bits per heavy atom. The molecule has 2 atom stereocenters. The molecule has 3 nitrogen and oxygen atoms in total. The standard InChI is InChI=1S/C13H18F2N2O/c1-8(7-16)9(2)17-12(18)6-10-4-3-5-11(14)13(10)15/h3-5,8-9H,6-7,16H2,1-2H3,(H,17,18). The van der Waals surface area contributed by atoms with Crippen molar-refractivity contribution in [3.63, 3.8) is 0 Å². The molecule has 0 aliphatic heterocycles. The van der Waals surface area contributed by atoms with Crippen molar-refractivity contribution < 1.29 is 13.6 Å². The average Bonchev–Trinajstić information content (AvgIpc) is 2.33. The number of carbonyl (C=O) groups is 1. The quantitative estimate of drug-likeness (QED) is 0.841. The molecule has 0 heterocycles. The van der Waals surface area contributed by atoms with Crippen LogP contribution in [0.1, 0.15) is 19.4 Å². The van der Waals surface area contributed by atoms with Crippen LogP contribution in [0.5, 0.6) is 0 Å². The van der Waals surface area contributed by atoms with Gasteiger partial charge in [0.25, 0.3) is 0 Å². The van der Waals surface area contributed by atoms with Crippen LogP contribution in [0.25, 0.3) is 0 Å². The maximum Gasteiger partial charge on any atom is 0.224 e. The molecule has 5 heteroatoms. The largest absolute Gasteiger partial charge is 0.353 e. The molecule has 0 aromatic heterocycles. The van der Waals surface area contributed by atoms with Crippen molar-refractivity contribution in [1.29, 1.82) is 0 Å². The van der Waals surface area contributed by atoms with Gasteiger partial charge >= 0.3 is 0 Å². The van der Waals surface area contributed by atoms with Gasteiger partial charge in [0.15, 0.2) is 11.6 Å². The first kappa shape index (κ1) is 14.6. The van der Waals surface area contributed by atoms with Crippen LogP contribution >= 0.6 is 0 Å². The van der Waals surface area contributed by atoms with Crippen molar-refractivity contribution in [2.75, 3.05) is 6.54 Å². The summed E-state index contributed by atoms with van der Waals surface area (Å²) >= 11 is 0. The average molecular weight is 256 g/mol. The molecule has 1 aromatic carbocycles. The number of amides is 1. The minimum absolute atomic E-state index is 0.0556. The summed E-state index contributed by atoms with van der Waals surface area (Å²) in [5.41, 5.74) is 5.54. The van der Waals surface area contributed by atoms with Gasteiger partial charge < -0.3 is 11.1 Å². The van der Waals surface area contributed by atoms with Gasteiger partial charge in [-0.3, -0.25) is 4.79 Å². The fourth-order valence-corrected chi connectivity index (χ4v) is 1.51. The molecule has 1 amide bonds. The Kier molecular flexibility index (Phi) is 5.22. The molecule has 0 spiro atoms. The van der Waals surface area contributed by atoms with Crippen molar-refractivity contribution in [2.24, 2.45) is 11.7 Å². The Labute approximate surface area is 105 Å². The lowest BCUT2D eigenvalue weighted by atomic mass is 10.0. The number of benzene rings is 1. The Morgan fingerprint density at radius 2 is 2.06 bits per heavy atom. The van der Waals surface area contributed by atoms with E-state index in [1.807, 2.05) is 13.8 Å².